The van der Waals surface area contributed by atoms with E-state index in [2.05, 4.69) is 22.0 Å². The van der Waals surface area contributed by atoms with Gasteiger partial charge in [-0.15, -0.1) is 0 Å². The second-order valence-electron chi connectivity index (χ2n) is 3.09. The zero-order valence-corrected chi connectivity index (χ0v) is 9.11. The summed E-state index contributed by atoms with van der Waals surface area (Å²) in [6.45, 7) is 2.75. The highest BCUT2D eigenvalue weighted by Crippen LogP contribution is 2.16. The van der Waals surface area contributed by atoms with Crippen molar-refractivity contribution < 1.29 is 4.74 Å². The Balaban J connectivity index is 2.27. The predicted molar refractivity (Wildman–Crippen MR) is 56.2 cm³/mol. The lowest BCUT2D eigenvalue weighted by Gasteiger charge is -2.06. The number of nitrogens with zero attached hydrogens (tertiary/aromatic N) is 4. The molecule has 0 atom stereocenters. The van der Waals surface area contributed by atoms with E-state index in [1.54, 1.807) is 6.07 Å². The fourth-order valence-electron chi connectivity index (χ4n) is 1.18. The summed E-state index contributed by atoms with van der Waals surface area (Å²) in [5, 5.41) is 4.36. The van der Waals surface area contributed by atoms with Crippen molar-refractivity contribution in [1.29, 1.82) is 0 Å². The molecular formula is C9H11ClN4O. The predicted octanol–water partition coefficient (Wildman–Crippen LogP) is 1.96. The summed E-state index contributed by atoms with van der Waals surface area (Å²) in [6.07, 6.45) is 3.50. The van der Waals surface area contributed by atoms with Crippen molar-refractivity contribution in [3.05, 3.63) is 17.5 Å². The van der Waals surface area contributed by atoms with Gasteiger partial charge in [-0.05, 0) is 6.42 Å². The monoisotopic (exact) mass is 226 g/mol. The maximum absolute atomic E-state index is 5.82. The lowest BCUT2D eigenvalue weighted by Crippen LogP contribution is -2.03. The van der Waals surface area contributed by atoms with Crippen molar-refractivity contribution in [3.63, 3.8) is 0 Å². The van der Waals surface area contributed by atoms with E-state index in [1.807, 2.05) is 0 Å². The van der Waals surface area contributed by atoms with Crippen LogP contribution in [0.3, 0.4) is 0 Å². The van der Waals surface area contributed by atoms with Gasteiger partial charge < -0.3 is 4.74 Å². The molecule has 15 heavy (non-hydrogen) atoms. The first kappa shape index (κ1) is 10.2. The Kier molecular flexibility index (Phi) is 3.01. The first-order valence-corrected chi connectivity index (χ1v) is 5.18. The van der Waals surface area contributed by atoms with Gasteiger partial charge in [0.2, 0.25) is 5.88 Å². The van der Waals surface area contributed by atoms with Gasteiger partial charge in [-0.3, -0.25) is 0 Å². The van der Waals surface area contributed by atoms with Gasteiger partial charge in [-0.25, -0.2) is 0 Å². The minimum atomic E-state index is 0.363. The third-order valence-corrected chi connectivity index (χ3v) is 2.13. The molecule has 2 aromatic rings. The SMILES string of the molecule is CCCCOc1cc(Cl)nc2ncnn12. The van der Waals surface area contributed by atoms with Gasteiger partial charge in [0.1, 0.15) is 11.5 Å². The minimum Gasteiger partial charge on any atom is -0.477 e. The molecule has 0 unspecified atom stereocenters. The minimum absolute atomic E-state index is 0.363. The van der Waals surface area contributed by atoms with Crippen LogP contribution < -0.4 is 4.74 Å². The van der Waals surface area contributed by atoms with Crippen LogP contribution in [0.2, 0.25) is 5.15 Å². The maximum Gasteiger partial charge on any atom is 0.256 e. The second-order valence-corrected chi connectivity index (χ2v) is 3.48. The molecule has 0 aliphatic rings. The molecule has 2 rings (SSSR count). The lowest BCUT2D eigenvalue weighted by molar-refractivity contribution is 0.290. The zero-order chi connectivity index (χ0) is 10.7. The molecule has 0 bridgehead atoms. The van der Waals surface area contributed by atoms with E-state index in [4.69, 9.17) is 16.3 Å². The van der Waals surface area contributed by atoms with Crippen LogP contribution in [-0.4, -0.2) is 26.2 Å². The van der Waals surface area contributed by atoms with Crippen molar-refractivity contribution >= 4 is 17.4 Å². The Bertz CT molecular complexity index is 456. The van der Waals surface area contributed by atoms with Crippen LogP contribution in [0, 0.1) is 0 Å². The first-order valence-electron chi connectivity index (χ1n) is 4.80. The average Bonchev–Trinajstić information content (AvgIpc) is 2.65. The summed E-state index contributed by atoms with van der Waals surface area (Å²) in [7, 11) is 0. The molecule has 0 saturated carbocycles. The van der Waals surface area contributed by atoms with Crippen molar-refractivity contribution in [2.24, 2.45) is 0 Å². The van der Waals surface area contributed by atoms with E-state index in [1.165, 1.54) is 10.8 Å². The van der Waals surface area contributed by atoms with Gasteiger partial charge in [0.05, 0.1) is 6.61 Å². The quantitative estimate of drug-likeness (QED) is 0.591. The largest absolute Gasteiger partial charge is 0.477 e. The molecule has 0 saturated heterocycles. The Morgan fingerprint density at radius 1 is 1.53 bits per heavy atom. The molecule has 6 heteroatoms. The Hall–Kier alpha value is -1.36. The molecule has 0 aromatic carbocycles. The molecular weight excluding hydrogens is 216 g/mol. The highest BCUT2D eigenvalue weighted by Gasteiger charge is 2.06. The molecule has 5 nitrogen and oxygen atoms in total. The zero-order valence-electron chi connectivity index (χ0n) is 8.35. The topological polar surface area (TPSA) is 52.3 Å². The highest BCUT2D eigenvalue weighted by molar-refractivity contribution is 6.29. The van der Waals surface area contributed by atoms with Crippen molar-refractivity contribution in [1.82, 2.24) is 19.6 Å². The molecule has 0 amide bonds. The van der Waals surface area contributed by atoms with Crippen LogP contribution in [0.25, 0.3) is 5.78 Å². The number of unbranched alkanes of at least 4 members (excludes halogenated alkanes) is 1. The van der Waals surface area contributed by atoms with Crippen molar-refractivity contribution in [3.8, 4) is 5.88 Å². The molecule has 0 N–H and O–H groups in total. The fraction of sp³-hybridized carbons (Fsp3) is 0.444. The van der Waals surface area contributed by atoms with E-state index in [0.717, 1.165) is 12.8 Å². The third-order valence-electron chi connectivity index (χ3n) is 1.94. The van der Waals surface area contributed by atoms with Gasteiger partial charge in [-0.2, -0.15) is 19.6 Å². The summed E-state index contributed by atoms with van der Waals surface area (Å²) in [5.74, 6) is 1.03. The Labute approximate surface area is 92.1 Å². The molecule has 0 radical (unpaired) electrons. The number of fused-ring (bicyclic) bond motifs is 1. The molecule has 2 aromatic heterocycles. The summed E-state index contributed by atoms with van der Waals surface area (Å²) < 4.78 is 7.06. The molecule has 0 fully saturated rings. The first-order chi connectivity index (χ1) is 7.31. The molecule has 0 spiro atoms. The standard InChI is InChI=1S/C9H11ClN4O/c1-2-3-4-15-8-5-7(10)13-9-11-6-12-14(8)9/h5-6H,2-4H2,1H3. The second kappa shape index (κ2) is 4.44. The van der Waals surface area contributed by atoms with E-state index >= 15 is 0 Å². The number of halogens is 1. The number of hydrogen-bond acceptors (Lipinski definition) is 4. The summed E-state index contributed by atoms with van der Waals surface area (Å²) in [4.78, 5) is 7.94. The van der Waals surface area contributed by atoms with Crippen LogP contribution in [0.1, 0.15) is 19.8 Å². The molecule has 2 heterocycles. The van der Waals surface area contributed by atoms with Gasteiger partial charge in [0, 0.05) is 6.07 Å². The van der Waals surface area contributed by atoms with Crippen LogP contribution in [0.5, 0.6) is 5.88 Å². The number of rotatable bonds is 4. The third kappa shape index (κ3) is 2.18. The van der Waals surface area contributed by atoms with Crippen LogP contribution in [0.15, 0.2) is 12.4 Å². The summed E-state index contributed by atoms with van der Waals surface area (Å²) in [5.41, 5.74) is 0. The Morgan fingerprint density at radius 2 is 2.40 bits per heavy atom. The molecule has 0 aliphatic heterocycles. The van der Waals surface area contributed by atoms with Gasteiger partial charge in [-0.1, -0.05) is 24.9 Å². The van der Waals surface area contributed by atoms with E-state index in [-0.39, 0.29) is 0 Å². The Morgan fingerprint density at radius 3 is 3.20 bits per heavy atom. The van der Waals surface area contributed by atoms with Crippen LogP contribution in [0.4, 0.5) is 0 Å². The number of hydrogen-bond donors (Lipinski definition) is 0. The normalized spacial score (nSPS) is 10.8. The van der Waals surface area contributed by atoms with Crippen LogP contribution in [-0.2, 0) is 0 Å². The number of ether oxygens (including phenoxy) is 1. The van der Waals surface area contributed by atoms with Crippen molar-refractivity contribution in [2.75, 3.05) is 6.61 Å². The van der Waals surface area contributed by atoms with Gasteiger partial charge in [0.15, 0.2) is 0 Å². The van der Waals surface area contributed by atoms with Crippen molar-refractivity contribution in [2.45, 2.75) is 19.8 Å². The lowest BCUT2D eigenvalue weighted by atomic mass is 10.4. The van der Waals surface area contributed by atoms with E-state index in [9.17, 15) is 0 Å². The van der Waals surface area contributed by atoms with Gasteiger partial charge in [0.25, 0.3) is 5.78 Å². The van der Waals surface area contributed by atoms with Crippen LogP contribution >= 0.6 is 11.6 Å². The number of aromatic nitrogens is 4. The summed E-state index contributed by atoms with van der Waals surface area (Å²) >= 11 is 5.82. The molecule has 0 aliphatic carbocycles. The average molecular weight is 227 g/mol. The fourth-order valence-corrected chi connectivity index (χ4v) is 1.35. The van der Waals surface area contributed by atoms with E-state index in [0.29, 0.717) is 23.4 Å². The highest BCUT2D eigenvalue weighted by atomic mass is 35.5. The van der Waals surface area contributed by atoms with E-state index < -0.39 is 0 Å². The smallest absolute Gasteiger partial charge is 0.256 e. The summed E-state index contributed by atoms with van der Waals surface area (Å²) in [6, 6.07) is 1.64. The van der Waals surface area contributed by atoms with Gasteiger partial charge >= 0.3 is 0 Å². The molecule has 80 valence electrons. The maximum atomic E-state index is 5.82.